The van der Waals surface area contributed by atoms with E-state index in [0.29, 0.717) is 0 Å². The number of rotatable bonds is 3. The van der Waals surface area contributed by atoms with Gasteiger partial charge in [-0.05, 0) is 19.4 Å². The summed E-state index contributed by atoms with van der Waals surface area (Å²) in [5.41, 5.74) is 0. The molecule has 1 atom stereocenters. The Morgan fingerprint density at radius 3 is 3.15 bits per heavy atom. The average molecular weight is 186 g/mol. The smallest absolute Gasteiger partial charge is 0.222 e. The maximum Gasteiger partial charge on any atom is 0.222 e. The van der Waals surface area contributed by atoms with Gasteiger partial charge >= 0.3 is 0 Å². The molecule has 1 aliphatic rings. The highest BCUT2D eigenvalue weighted by Gasteiger charge is 2.13. The van der Waals surface area contributed by atoms with E-state index in [-0.39, 0.29) is 25.0 Å². The standard InChI is InChI=1S/C9H18N2O2/c12-6-4-9(13)11-8-3-1-2-5-10-7-8/h8,10,12H,1-7H2,(H,11,13). The SMILES string of the molecule is O=C(CCO)NC1CCCCNC1. The number of hydrogen-bond donors (Lipinski definition) is 3. The fraction of sp³-hybridized carbons (Fsp3) is 0.889. The number of hydrogen-bond acceptors (Lipinski definition) is 3. The minimum Gasteiger partial charge on any atom is -0.396 e. The third-order valence-electron chi connectivity index (χ3n) is 2.25. The first-order chi connectivity index (χ1) is 6.33. The second-order valence-corrected chi connectivity index (χ2v) is 3.44. The van der Waals surface area contributed by atoms with Crippen LogP contribution in [0.25, 0.3) is 0 Å². The number of carbonyl (C=O) groups excluding carboxylic acids is 1. The van der Waals surface area contributed by atoms with Gasteiger partial charge in [-0.3, -0.25) is 4.79 Å². The Labute approximate surface area is 78.7 Å². The molecule has 4 nitrogen and oxygen atoms in total. The highest BCUT2D eigenvalue weighted by Crippen LogP contribution is 2.03. The molecule has 0 aromatic carbocycles. The molecule has 1 heterocycles. The quantitative estimate of drug-likeness (QED) is 0.563. The summed E-state index contributed by atoms with van der Waals surface area (Å²) in [6.45, 7) is 1.84. The van der Waals surface area contributed by atoms with Crippen LogP contribution < -0.4 is 10.6 Å². The Kier molecular flexibility index (Phi) is 4.78. The molecule has 0 bridgehead atoms. The Hall–Kier alpha value is -0.610. The molecule has 13 heavy (non-hydrogen) atoms. The fourth-order valence-electron chi connectivity index (χ4n) is 1.54. The molecule has 1 fully saturated rings. The van der Waals surface area contributed by atoms with Gasteiger partial charge in [0.25, 0.3) is 0 Å². The lowest BCUT2D eigenvalue weighted by Gasteiger charge is -2.15. The molecule has 1 aliphatic heterocycles. The van der Waals surface area contributed by atoms with Gasteiger partial charge in [0.1, 0.15) is 0 Å². The predicted molar refractivity (Wildman–Crippen MR) is 50.4 cm³/mol. The van der Waals surface area contributed by atoms with E-state index in [2.05, 4.69) is 10.6 Å². The first-order valence-electron chi connectivity index (χ1n) is 4.94. The van der Waals surface area contributed by atoms with E-state index in [0.717, 1.165) is 25.9 Å². The van der Waals surface area contributed by atoms with Crippen molar-refractivity contribution in [2.45, 2.75) is 31.7 Å². The maximum atomic E-state index is 11.1. The molecular formula is C9H18N2O2. The van der Waals surface area contributed by atoms with Gasteiger partial charge in [-0.1, -0.05) is 6.42 Å². The number of amides is 1. The van der Waals surface area contributed by atoms with E-state index in [4.69, 9.17) is 5.11 Å². The third kappa shape index (κ3) is 4.24. The van der Waals surface area contributed by atoms with E-state index >= 15 is 0 Å². The Morgan fingerprint density at radius 1 is 1.54 bits per heavy atom. The van der Waals surface area contributed by atoms with E-state index in [1.165, 1.54) is 6.42 Å². The molecule has 0 spiro atoms. The van der Waals surface area contributed by atoms with Crippen molar-refractivity contribution in [1.82, 2.24) is 10.6 Å². The lowest BCUT2D eigenvalue weighted by molar-refractivity contribution is -0.122. The maximum absolute atomic E-state index is 11.1. The number of aliphatic hydroxyl groups excluding tert-OH is 1. The van der Waals surface area contributed by atoms with Crippen LogP contribution in [0, 0.1) is 0 Å². The first kappa shape index (κ1) is 10.5. The molecule has 1 unspecified atom stereocenters. The molecule has 3 N–H and O–H groups in total. The van der Waals surface area contributed by atoms with Crippen molar-refractivity contribution in [3.8, 4) is 0 Å². The van der Waals surface area contributed by atoms with Gasteiger partial charge in [-0.15, -0.1) is 0 Å². The molecule has 1 rings (SSSR count). The van der Waals surface area contributed by atoms with Gasteiger partial charge < -0.3 is 15.7 Å². The lowest BCUT2D eigenvalue weighted by atomic mass is 10.1. The Morgan fingerprint density at radius 2 is 2.38 bits per heavy atom. The predicted octanol–water partition coefficient (Wildman–Crippen LogP) is -0.373. The zero-order chi connectivity index (χ0) is 9.52. The summed E-state index contributed by atoms with van der Waals surface area (Å²) in [5.74, 6) is -0.0452. The summed E-state index contributed by atoms with van der Waals surface area (Å²) in [7, 11) is 0. The molecule has 1 saturated heterocycles. The normalized spacial score (nSPS) is 23.6. The van der Waals surface area contributed by atoms with Crippen LogP contribution in [-0.4, -0.2) is 36.8 Å². The summed E-state index contributed by atoms with van der Waals surface area (Å²) in [5, 5.41) is 14.7. The third-order valence-corrected chi connectivity index (χ3v) is 2.25. The van der Waals surface area contributed by atoms with Crippen molar-refractivity contribution in [3.05, 3.63) is 0 Å². The van der Waals surface area contributed by atoms with Crippen molar-refractivity contribution in [2.75, 3.05) is 19.7 Å². The second-order valence-electron chi connectivity index (χ2n) is 3.44. The topological polar surface area (TPSA) is 61.4 Å². The summed E-state index contributed by atoms with van der Waals surface area (Å²) >= 11 is 0. The highest BCUT2D eigenvalue weighted by molar-refractivity contribution is 5.76. The van der Waals surface area contributed by atoms with Crippen molar-refractivity contribution in [3.63, 3.8) is 0 Å². The molecule has 0 aliphatic carbocycles. The van der Waals surface area contributed by atoms with E-state index in [1.807, 2.05) is 0 Å². The highest BCUT2D eigenvalue weighted by atomic mass is 16.3. The van der Waals surface area contributed by atoms with Crippen molar-refractivity contribution in [2.24, 2.45) is 0 Å². The van der Waals surface area contributed by atoms with E-state index in [1.54, 1.807) is 0 Å². The lowest BCUT2D eigenvalue weighted by Crippen LogP contribution is -2.41. The van der Waals surface area contributed by atoms with E-state index < -0.39 is 0 Å². The van der Waals surface area contributed by atoms with Gasteiger partial charge in [0.2, 0.25) is 5.91 Å². The molecule has 0 aromatic rings. The average Bonchev–Trinajstić information content (AvgIpc) is 2.33. The van der Waals surface area contributed by atoms with Crippen LogP contribution >= 0.6 is 0 Å². The summed E-state index contributed by atoms with van der Waals surface area (Å²) in [6, 6.07) is 0.251. The van der Waals surface area contributed by atoms with Crippen LogP contribution in [0.4, 0.5) is 0 Å². The molecule has 1 amide bonds. The number of carbonyl (C=O) groups is 1. The Bertz CT molecular complexity index is 154. The van der Waals surface area contributed by atoms with Crippen LogP contribution in [0.3, 0.4) is 0 Å². The molecule has 0 aromatic heterocycles. The van der Waals surface area contributed by atoms with E-state index in [9.17, 15) is 4.79 Å². The fourth-order valence-corrected chi connectivity index (χ4v) is 1.54. The van der Waals surface area contributed by atoms with Crippen molar-refractivity contribution in [1.29, 1.82) is 0 Å². The van der Waals surface area contributed by atoms with Gasteiger partial charge in [0.05, 0.1) is 6.61 Å². The number of aliphatic hydroxyl groups is 1. The van der Waals surface area contributed by atoms with Gasteiger partial charge in [0.15, 0.2) is 0 Å². The summed E-state index contributed by atoms with van der Waals surface area (Å²) in [6.07, 6.45) is 3.62. The van der Waals surface area contributed by atoms with Gasteiger partial charge in [0, 0.05) is 19.0 Å². The van der Waals surface area contributed by atoms with Crippen LogP contribution in [0.1, 0.15) is 25.7 Å². The van der Waals surface area contributed by atoms with Crippen LogP contribution in [0.5, 0.6) is 0 Å². The Balaban J connectivity index is 2.21. The minimum atomic E-state index is -0.0635. The van der Waals surface area contributed by atoms with Crippen LogP contribution in [-0.2, 0) is 4.79 Å². The monoisotopic (exact) mass is 186 g/mol. The largest absolute Gasteiger partial charge is 0.396 e. The first-order valence-corrected chi connectivity index (χ1v) is 4.94. The minimum absolute atomic E-state index is 0.0452. The molecule has 0 saturated carbocycles. The molecule has 0 radical (unpaired) electrons. The summed E-state index contributed by atoms with van der Waals surface area (Å²) < 4.78 is 0. The molecular weight excluding hydrogens is 168 g/mol. The molecule has 4 heteroatoms. The summed E-state index contributed by atoms with van der Waals surface area (Å²) in [4.78, 5) is 11.1. The molecule has 76 valence electrons. The van der Waals surface area contributed by atoms with Crippen molar-refractivity contribution >= 4 is 5.91 Å². The zero-order valence-corrected chi connectivity index (χ0v) is 7.88. The van der Waals surface area contributed by atoms with Gasteiger partial charge in [-0.2, -0.15) is 0 Å². The van der Waals surface area contributed by atoms with Crippen LogP contribution in [0.15, 0.2) is 0 Å². The zero-order valence-electron chi connectivity index (χ0n) is 7.88. The second kappa shape index (κ2) is 5.94. The van der Waals surface area contributed by atoms with Crippen LogP contribution in [0.2, 0.25) is 0 Å². The van der Waals surface area contributed by atoms with Crippen molar-refractivity contribution < 1.29 is 9.90 Å². The van der Waals surface area contributed by atoms with Gasteiger partial charge in [-0.25, -0.2) is 0 Å². The number of nitrogens with one attached hydrogen (secondary N) is 2.